The Balaban J connectivity index is 1.64. The first-order chi connectivity index (χ1) is 13.5. The smallest absolute Gasteiger partial charge is 0.269 e. The summed E-state index contributed by atoms with van der Waals surface area (Å²) in [6.07, 6.45) is 1.56. The van der Waals surface area contributed by atoms with Gasteiger partial charge in [-0.3, -0.25) is 14.9 Å². The summed E-state index contributed by atoms with van der Waals surface area (Å²) in [7, 11) is 0. The minimum Gasteiger partial charge on any atom is -0.368 e. The number of amides is 1. The van der Waals surface area contributed by atoms with Gasteiger partial charge in [0.2, 0.25) is 0 Å². The fraction of sp³-hybridized carbons (Fsp3) is 0.200. The molecule has 1 aliphatic rings. The summed E-state index contributed by atoms with van der Waals surface area (Å²) in [6.45, 7) is 2.11. The molecule has 1 saturated heterocycles. The molecule has 0 aliphatic carbocycles. The van der Waals surface area contributed by atoms with Crippen molar-refractivity contribution in [3.05, 3.63) is 74.8 Å². The van der Waals surface area contributed by atoms with Gasteiger partial charge in [-0.15, -0.1) is 0 Å². The van der Waals surface area contributed by atoms with Crippen LogP contribution in [0.25, 0.3) is 6.08 Å². The largest absolute Gasteiger partial charge is 0.368 e. The first-order valence-electron chi connectivity index (χ1n) is 8.64. The molecule has 1 fully saturated rings. The number of nitrogens with zero attached hydrogens (tertiary/aromatic N) is 4. The second-order valence-electron chi connectivity index (χ2n) is 6.27. The summed E-state index contributed by atoms with van der Waals surface area (Å²) >= 11 is 5.86. The van der Waals surface area contributed by atoms with Gasteiger partial charge < -0.3 is 9.80 Å². The van der Waals surface area contributed by atoms with Crippen LogP contribution in [0.5, 0.6) is 0 Å². The van der Waals surface area contributed by atoms with Crippen LogP contribution < -0.4 is 4.90 Å². The van der Waals surface area contributed by atoms with Gasteiger partial charge >= 0.3 is 0 Å². The summed E-state index contributed by atoms with van der Waals surface area (Å²) < 4.78 is 0. The molecule has 2 aromatic rings. The van der Waals surface area contributed by atoms with E-state index in [-0.39, 0.29) is 17.2 Å². The lowest BCUT2D eigenvalue weighted by Crippen LogP contribution is -2.49. The quantitative estimate of drug-likeness (QED) is 0.341. The molecule has 7 nitrogen and oxygen atoms in total. The normalized spacial score (nSPS) is 14.5. The van der Waals surface area contributed by atoms with Gasteiger partial charge in [0.25, 0.3) is 11.6 Å². The minimum absolute atomic E-state index is 0.0450. The predicted octanol–water partition coefficient (Wildman–Crippen LogP) is 3.50. The molecule has 0 bridgehead atoms. The molecule has 3 rings (SSSR count). The van der Waals surface area contributed by atoms with Gasteiger partial charge in [-0.2, -0.15) is 5.26 Å². The van der Waals surface area contributed by atoms with Crippen molar-refractivity contribution >= 4 is 35.0 Å². The molecular formula is C20H17ClN4O3. The molecule has 1 aliphatic heterocycles. The third kappa shape index (κ3) is 4.48. The van der Waals surface area contributed by atoms with Crippen LogP contribution in [0.1, 0.15) is 5.56 Å². The fourth-order valence-electron chi connectivity index (χ4n) is 2.99. The van der Waals surface area contributed by atoms with E-state index in [0.29, 0.717) is 31.2 Å². The van der Waals surface area contributed by atoms with E-state index in [9.17, 15) is 20.2 Å². The molecule has 0 radical (unpaired) electrons. The van der Waals surface area contributed by atoms with E-state index in [2.05, 4.69) is 4.90 Å². The highest BCUT2D eigenvalue weighted by molar-refractivity contribution is 6.30. The van der Waals surface area contributed by atoms with Crippen molar-refractivity contribution in [2.24, 2.45) is 0 Å². The van der Waals surface area contributed by atoms with Crippen molar-refractivity contribution in [1.29, 1.82) is 5.26 Å². The van der Waals surface area contributed by atoms with Crippen molar-refractivity contribution < 1.29 is 9.72 Å². The summed E-state index contributed by atoms with van der Waals surface area (Å²) in [5.74, 6) is -0.305. The Morgan fingerprint density at radius 3 is 2.21 bits per heavy atom. The Morgan fingerprint density at radius 2 is 1.68 bits per heavy atom. The molecule has 0 saturated carbocycles. The number of nitriles is 1. The maximum atomic E-state index is 12.7. The summed E-state index contributed by atoms with van der Waals surface area (Å²) in [6, 6.07) is 15.2. The van der Waals surface area contributed by atoms with E-state index < -0.39 is 4.92 Å². The lowest BCUT2D eigenvalue weighted by atomic mass is 10.1. The number of carbonyl (C=O) groups is 1. The van der Waals surface area contributed by atoms with E-state index in [1.807, 2.05) is 6.07 Å². The monoisotopic (exact) mass is 396 g/mol. The lowest BCUT2D eigenvalue weighted by Gasteiger charge is -2.36. The first-order valence-corrected chi connectivity index (χ1v) is 9.02. The average Bonchev–Trinajstić information content (AvgIpc) is 2.73. The number of hydrogen-bond acceptors (Lipinski definition) is 5. The Kier molecular flexibility index (Phi) is 5.92. The van der Waals surface area contributed by atoms with Crippen LogP contribution in [-0.2, 0) is 4.79 Å². The zero-order chi connectivity index (χ0) is 20.1. The molecule has 0 spiro atoms. The van der Waals surface area contributed by atoms with Crippen LogP contribution in [0, 0.1) is 21.4 Å². The van der Waals surface area contributed by atoms with E-state index in [0.717, 1.165) is 11.3 Å². The number of rotatable bonds is 4. The van der Waals surface area contributed by atoms with Gasteiger partial charge in [0, 0.05) is 49.0 Å². The van der Waals surface area contributed by atoms with Crippen LogP contribution in [-0.4, -0.2) is 41.9 Å². The van der Waals surface area contributed by atoms with Gasteiger partial charge in [-0.05, 0) is 35.9 Å². The Morgan fingerprint density at radius 1 is 1.07 bits per heavy atom. The molecule has 1 amide bonds. The molecule has 1 heterocycles. The van der Waals surface area contributed by atoms with Crippen molar-refractivity contribution in [3.8, 4) is 6.07 Å². The summed E-state index contributed by atoms with van der Waals surface area (Å²) in [5.41, 5.74) is 1.73. The Labute approximate surface area is 167 Å². The number of nitro groups is 1. The maximum Gasteiger partial charge on any atom is 0.269 e. The number of non-ortho nitro benzene ring substituents is 1. The average molecular weight is 397 g/mol. The van der Waals surface area contributed by atoms with Gasteiger partial charge in [-0.25, -0.2) is 0 Å². The summed E-state index contributed by atoms with van der Waals surface area (Å²) in [4.78, 5) is 26.7. The molecule has 0 aromatic heterocycles. The van der Waals surface area contributed by atoms with Crippen LogP contribution >= 0.6 is 11.6 Å². The van der Waals surface area contributed by atoms with E-state index in [1.54, 1.807) is 47.4 Å². The lowest BCUT2D eigenvalue weighted by molar-refractivity contribution is -0.384. The number of halogens is 1. The van der Waals surface area contributed by atoms with Crippen molar-refractivity contribution in [1.82, 2.24) is 4.90 Å². The molecular weight excluding hydrogens is 380 g/mol. The number of benzene rings is 2. The topological polar surface area (TPSA) is 90.5 Å². The predicted molar refractivity (Wildman–Crippen MR) is 107 cm³/mol. The maximum absolute atomic E-state index is 12.7. The third-order valence-electron chi connectivity index (χ3n) is 4.52. The first kappa shape index (κ1) is 19.4. The van der Waals surface area contributed by atoms with Gasteiger partial charge in [0.1, 0.15) is 11.6 Å². The fourth-order valence-corrected chi connectivity index (χ4v) is 3.12. The highest BCUT2D eigenvalue weighted by Gasteiger charge is 2.24. The SMILES string of the molecule is N#C/C(=C\c1ccc(Cl)cc1)C(=O)N1CCN(c2ccc([N+](=O)[O-])cc2)CC1. The van der Waals surface area contributed by atoms with Gasteiger partial charge in [0.05, 0.1) is 4.92 Å². The van der Waals surface area contributed by atoms with Crippen LogP contribution in [0.4, 0.5) is 11.4 Å². The van der Waals surface area contributed by atoms with E-state index in [4.69, 9.17) is 11.6 Å². The van der Waals surface area contributed by atoms with Crippen LogP contribution in [0.3, 0.4) is 0 Å². The number of piperazine rings is 1. The van der Waals surface area contributed by atoms with E-state index in [1.165, 1.54) is 12.1 Å². The highest BCUT2D eigenvalue weighted by atomic mass is 35.5. The van der Waals surface area contributed by atoms with Crippen molar-refractivity contribution in [2.75, 3.05) is 31.1 Å². The van der Waals surface area contributed by atoms with Gasteiger partial charge in [-0.1, -0.05) is 23.7 Å². The molecule has 0 atom stereocenters. The van der Waals surface area contributed by atoms with Crippen LogP contribution in [0.2, 0.25) is 5.02 Å². The second kappa shape index (κ2) is 8.55. The standard InChI is InChI=1S/C20H17ClN4O3/c21-17-3-1-15(2-4-17)13-16(14-22)20(26)24-11-9-23(10-12-24)18-5-7-19(8-6-18)25(27)28/h1-8,13H,9-12H2/b16-13+. The molecule has 28 heavy (non-hydrogen) atoms. The zero-order valence-electron chi connectivity index (χ0n) is 14.9. The molecule has 2 aromatic carbocycles. The molecule has 0 N–H and O–H groups in total. The Bertz CT molecular complexity index is 941. The second-order valence-corrected chi connectivity index (χ2v) is 6.71. The molecule has 142 valence electrons. The highest BCUT2D eigenvalue weighted by Crippen LogP contribution is 2.21. The number of hydrogen-bond donors (Lipinski definition) is 0. The minimum atomic E-state index is -0.434. The third-order valence-corrected chi connectivity index (χ3v) is 4.78. The Hall–Kier alpha value is -3.37. The molecule has 8 heteroatoms. The number of carbonyl (C=O) groups excluding carboxylic acids is 1. The van der Waals surface area contributed by atoms with Crippen molar-refractivity contribution in [2.45, 2.75) is 0 Å². The molecule has 0 unspecified atom stereocenters. The number of nitro benzene ring substituents is 1. The summed E-state index contributed by atoms with van der Waals surface area (Å²) in [5, 5.41) is 20.7. The van der Waals surface area contributed by atoms with E-state index >= 15 is 0 Å². The number of anilines is 1. The van der Waals surface area contributed by atoms with Gasteiger partial charge in [0.15, 0.2) is 0 Å². The zero-order valence-corrected chi connectivity index (χ0v) is 15.7. The van der Waals surface area contributed by atoms with Crippen LogP contribution in [0.15, 0.2) is 54.1 Å². The van der Waals surface area contributed by atoms with Crippen molar-refractivity contribution in [3.63, 3.8) is 0 Å².